The number of unbranched alkanes of at least 4 members (excludes halogenated alkanes) is 2. The highest BCUT2D eigenvalue weighted by Gasteiger charge is 2.11. The zero-order valence-corrected chi connectivity index (χ0v) is 12.5. The normalized spacial score (nSPS) is 10.4. The van der Waals surface area contributed by atoms with Crippen LogP contribution < -0.4 is 10.9 Å². The zero-order valence-electron chi connectivity index (χ0n) is 12.5. The van der Waals surface area contributed by atoms with Crippen LogP contribution in [0.3, 0.4) is 0 Å². The van der Waals surface area contributed by atoms with Crippen molar-refractivity contribution in [2.24, 2.45) is 0 Å². The average molecular weight is 318 g/mol. The fourth-order valence-electron chi connectivity index (χ4n) is 2.10. The van der Waals surface area contributed by atoms with Crippen molar-refractivity contribution in [1.82, 2.24) is 10.3 Å². The number of nitrogens with one attached hydrogen (secondary N) is 2. The number of carbonyl (C=O) groups excluding carboxylic acids is 1. The van der Waals surface area contributed by atoms with Crippen LogP contribution in [-0.4, -0.2) is 28.5 Å². The van der Waals surface area contributed by atoms with Gasteiger partial charge in [0.25, 0.3) is 11.5 Å². The summed E-state index contributed by atoms with van der Waals surface area (Å²) >= 11 is 0. The molecule has 122 valence electrons. The van der Waals surface area contributed by atoms with Crippen LogP contribution in [-0.2, 0) is 4.79 Å². The molecule has 0 aliphatic carbocycles. The van der Waals surface area contributed by atoms with Gasteiger partial charge in [-0.25, -0.2) is 0 Å². The second kappa shape index (κ2) is 7.98. The minimum atomic E-state index is -0.822. The van der Waals surface area contributed by atoms with Crippen molar-refractivity contribution in [2.45, 2.75) is 25.7 Å². The van der Waals surface area contributed by atoms with E-state index >= 15 is 0 Å². The van der Waals surface area contributed by atoms with E-state index in [1.807, 2.05) is 0 Å². The van der Waals surface area contributed by atoms with E-state index in [9.17, 15) is 14.4 Å². The van der Waals surface area contributed by atoms with Crippen LogP contribution in [0.2, 0.25) is 0 Å². The molecule has 0 saturated carbocycles. The summed E-state index contributed by atoms with van der Waals surface area (Å²) in [6, 6.07) is 6.49. The monoisotopic (exact) mass is 318 g/mol. The minimum absolute atomic E-state index is 0.0332. The first-order valence-electron chi connectivity index (χ1n) is 7.35. The highest BCUT2D eigenvalue weighted by Crippen LogP contribution is 2.15. The Labute approximate surface area is 132 Å². The van der Waals surface area contributed by atoms with Gasteiger partial charge in [0.05, 0.1) is 12.0 Å². The van der Waals surface area contributed by atoms with Crippen molar-refractivity contribution in [3.05, 3.63) is 46.4 Å². The Morgan fingerprint density at radius 2 is 2.00 bits per heavy atom. The molecule has 2 heterocycles. The van der Waals surface area contributed by atoms with E-state index in [0.717, 1.165) is 0 Å². The third-order valence-corrected chi connectivity index (χ3v) is 3.29. The first kappa shape index (κ1) is 16.5. The molecule has 0 aliphatic rings. The van der Waals surface area contributed by atoms with E-state index in [2.05, 4.69) is 10.3 Å². The number of furan rings is 1. The number of aromatic nitrogens is 1. The maximum Gasteiger partial charge on any atom is 0.303 e. The second-order valence-electron chi connectivity index (χ2n) is 5.05. The molecule has 3 N–H and O–H groups in total. The first-order valence-corrected chi connectivity index (χ1v) is 7.35. The molecule has 0 saturated heterocycles. The quantitative estimate of drug-likeness (QED) is 0.644. The number of amides is 1. The molecule has 1 amide bonds. The van der Waals surface area contributed by atoms with Crippen molar-refractivity contribution >= 4 is 11.9 Å². The highest BCUT2D eigenvalue weighted by atomic mass is 16.4. The summed E-state index contributed by atoms with van der Waals surface area (Å²) < 4.78 is 5.18. The Bertz CT molecular complexity index is 718. The van der Waals surface area contributed by atoms with Crippen LogP contribution in [0.4, 0.5) is 0 Å². The lowest BCUT2D eigenvalue weighted by Crippen LogP contribution is -2.30. The van der Waals surface area contributed by atoms with Crippen molar-refractivity contribution < 1.29 is 19.1 Å². The Balaban J connectivity index is 1.85. The average Bonchev–Trinajstić information content (AvgIpc) is 3.04. The largest absolute Gasteiger partial charge is 0.481 e. The molecular weight excluding hydrogens is 300 g/mol. The third kappa shape index (κ3) is 4.84. The molecule has 0 fully saturated rings. The number of carbonyl (C=O) groups is 2. The molecule has 0 bridgehead atoms. The van der Waals surface area contributed by atoms with Crippen LogP contribution in [0.1, 0.15) is 36.0 Å². The molecule has 0 aliphatic heterocycles. The molecule has 7 heteroatoms. The van der Waals surface area contributed by atoms with Crippen molar-refractivity contribution in [3.63, 3.8) is 0 Å². The molecule has 0 radical (unpaired) electrons. The number of hydrogen-bond acceptors (Lipinski definition) is 4. The summed E-state index contributed by atoms with van der Waals surface area (Å²) in [4.78, 5) is 36.9. The lowest BCUT2D eigenvalue weighted by Gasteiger charge is -2.05. The first-order chi connectivity index (χ1) is 11.1. The Hall–Kier alpha value is -2.83. The summed E-state index contributed by atoms with van der Waals surface area (Å²) in [6.45, 7) is 0.401. The van der Waals surface area contributed by atoms with E-state index in [1.165, 1.54) is 12.3 Å². The molecule has 2 rings (SSSR count). The molecule has 2 aromatic rings. The standard InChI is InChI=1S/C16H18N2O5/c19-14(20)6-2-1-3-9-17-15(21)11-7-8-12(18-16(11)22)13-5-4-10-23-13/h4-5,7-8,10H,1-3,6,9H2,(H,17,21)(H,18,22)(H,19,20). The van der Waals surface area contributed by atoms with Gasteiger partial charge in [-0.3, -0.25) is 14.4 Å². The fraction of sp³-hybridized carbons (Fsp3) is 0.312. The summed E-state index contributed by atoms with van der Waals surface area (Å²) in [7, 11) is 0. The topological polar surface area (TPSA) is 112 Å². The van der Waals surface area contributed by atoms with Crippen LogP contribution >= 0.6 is 0 Å². The number of aliphatic carboxylic acids is 1. The number of carboxylic acids is 1. The Morgan fingerprint density at radius 1 is 1.17 bits per heavy atom. The zero-order chi connectivity index (χ0) is 16.7. The van der Waals surface area contributed by atoms with Gasteiger partial charge >= 0.3 is 5.97 Å². The molecular formula is C16H18N2O5. The molecule has 0 unspecified atom stereocenters. The van der Waals surface area contributed by atoms with Gasteiger partial charge in [0, 0.05) is 13.0 Å². The van der Waals surface area contributed by atoms with Gasteiger partial charge in [0.2, 0.25) is 0 Å². The molecule has 23 heavy (non-hydrogen) atoms. The van der Waals surface area contributed by atoms with E-state index in [-0.39, 0.29) is 12.0 Å². The van der Waals surface area contributed by atoms with Gasteiger partial charge in [0.15, 0.2) is 0 Å². The predicted molar refractivity (Wildman–Crippen MR) is 83.2 cm³/mol. The lowest BCUT2D eigenvalue weighted by molar-refractivity contribution is -0.137. The Kier molecular flexibility index (Phi) is 5.74. The van der Waals surface area contributed by atoms with Gasteiger partial charge in [-0.1, -0.05) is 6.42 Å². The van der Waals surface area contributed by atoms with E-state index in [1.54, 1.807) is 18.2 Å². The van der Waals surface area contributed by atoms with Crippen molar-refractivity contribution in [1.29, 1.82) is 0 Å². The predicted octanol–water partition coefficient (Wildman–Crippen LogP) is 2.01. The number of hydrogen-bond donors (Lipinski definition) is 3. The van der Waals surface area contributed by atoms with Crippen molar-refractivity contribution in [3.8, 4) is 11.5 Å². The SMILES string of the molecule is O=C(O)CCCCCNC(=O)c1ccc(-c2ccco2)[nH]c1=O. The molecule has 2 aromatic heterocycles. The van der Waals surface area contributed by atoms with E-state index < -0.39 is 17.4 Å². The van der Waals surface area contributed by atoms with Crippen molar-refractivity contribution in [2.75, 3.05) is 6.54 Å². The maximum absolute atomic E-state index is 12.0. The summed E-state index contributed by atoms with van der Waals surface area (Å²) in [5, 5.41) is 11.2. The van der Waals surface area contributed by atoms with Crippen LogP contribution in [0.25, 0.3) is 11.5 Å². The van der Waals surface area contributed by atoms with Gasteiger partial charge in [-0.15, -0.1) is 0 Å². The van der Waals surface area contributed by atoms with Gasteiger partial charge in [-0.05, 0) is 37.1 Å². The maximum atomic E-state index is 12.0. The van der Waals surface area contributed by atoms with Crippen LogP contribution in [0.5, 0.6) is 0 Å². The van der Waals surface area contributed by atoms with E-state index in [4.69, 9.17) is 9.52 Å². The number of H-pyrrole nitrogens is 1. The number of carboxylic acid groups (broad SMARTS) is 1. The molecule has 0 aromatic carbocycles. The fourth-order valence-corrected chi connectivity index (χ4v) is 2.10. The van der Waals surface area contributed by atoms with E-state index in [0.29, 0.717) is 37.3 Å². The summed E-state index contributed by atoms with van der Waals surface area (Å²) in [6.07, 6.45) is 3.58. The Morgan fingerprint density at radius 3 is 2.65 bits per heavy atom. The smallest absolute Gasteiger partial charge is 0.303 e. The van der Waals surface area contributed by atoms with Gasteiger partial charge in [-0.2, -0.15) is 0 Å². The lowest BCUT2D eigenvalue weighted by atomic mass is 10.2. The third-order valence-electron chi connectivity index (χ3n) is 3.29. The number of aromatic amines is 1. The molecule has 7 nitrogen and oxygen atoms in total. The van der Waals surface area contributed by atoms with Crippen LogP contribution in [0, 0.1) is 0 Å². The highest BCUT2D eigenvalue weighted by molar-refractivity contribution is 5.93. The molecule has 0 spiro atoms. The van der Waals surface area contributed by atoms with Gasteiger partial charge in [0.1, 0.15) is 11.3 Å². The van der Waals surface area contributed by atoms with Crippen LogP contribution in [0.15, 0.2) is 39.7 Å². The summed E-state index contributed by atoms with van der Waals surface area (Å²) in [5.74, 6) is -0.750. The van der Waals surface area contributed by atoms with Gasteiger partial charge < -0.3 is 19.8 Å². The summed E-state index contributed by atoms with van der Waals surface area (Å²) in [5.41, 5.74) is 0.0540. The molecule has 0 atom stereocenters. The minimum Gasteiger partial charge on any atom is -0.481 e. The number of pyridine rings is 1. The number of rotatable bonds is 8. The second-order valence-corrected chi connectivity index (χ2v) is 5.05.